The summed E-state index contributed by atoms with van der Waals surface area (Å²) in [6, 6.07) is -0.786. The molecule has 0 saturated carbocycles. The lowest BCUT2D eigenvalue weighted by molar-refractivity contribution is -0.158. The van der Waals surface area contributed by atoms with Crippen molar-refractivity contribution in [3.63, 3.8) is 0 Å². The number of hydrogen-bond acceptors (Lipinski definition) is 11. The Morgan fingerprint density at radius 2 is 0.677 bits per heavy atom. The topological polar surface area (TPSA) is 127 Å². The molecular weight excluding hydrogens is 823 g/mol. The highest BCUT2D eigenvalue weighted by atomic mass is 16.6. The van der Waals surface area contributed by atoms with Gasteiger partial charge < -0.3 is 28.4 Å². The molecule has 3 unspecified atom stereocenters. The van der Waals surface area contributed by atoms with Crippen molar-refractivity contribution in [1.82, 2.24) is 4.90 Å². The molecule has 0 N–H and O–H groups in total. The fourth-order valence-electron chi connectivity index (χ4n) is 8.42. The molecule has 0 aromatic heterocycles. The number of esters is 4. The second-order valence-corrected chi connectivity index (χ2v) is 18.5. The summed E-state index contributed by atoms with van der Waals surface area (Å²) in [5, 5.41) is 0. The minimum absolute atomic E-state index is 0.000512. The molecule has 0 amide bonds. The highest BCUT2D eigenvalue weighted by Gasteiger charge is 2.30. The van der Waals surface area contributed by atoms with E-state index in [4.69, 9.17) is 28.4 Å². The van der Waals surface area contributed by atoms with Gasteiger partial charge in [-0.1, -0.05) is 182 Å². The molecule has 0 aromatic carbocycles. The van der Waals surface area contributed by atoms with Crippen LogP contribution < -0.4 is 0 Å². The molecule has 0 fully saturated rings. The monoisotopic (exact) mass is 926 g/mol. The second kappa shape index (κ2) is 48.2. The van der Waals surface area contributed by atoms with Crippen LogP contribution >= 0.6 is 0 Å². The Morgan fingerprint density at radius 3 is 1.08 bits per heavy atom. The summed E-state index contributed by atoms with van der Waals surface area (Å²) in [6.45, 7) is 11.8. The summed E-state index contributed by atoms with van der Waals surface area (Å²) in [7, 11) is 3.10. The Balaban J connectivity index is 5.31. The molecule has 0 radical (unpaired) electrons. The number of methoxy groups -OCH3 is 2. The van der Waals surface area contributed by atoms with Gasteiger partial charge in [0.25, 0.3) is 0 Å². The SMILES string of the molecule is CCCCCCCCC(CCCCCC)C(=O)OCCCCCCN(CCCCCCOC(=O)C(CCCCCC)CCCCCCCC)C(CC(=O)OCCOC)C(=O)OCCOC. The van der Waals surface area contributed by atoms with Crippen LogP contribution in [0.4, 0.5) is 0 Å². The number of nitrogens with zero attached hydrogens (tertiary/aromatic N) is 1. The van der Waals surface area contributed by atoms with E-state index >= 15 is 0 Å². The largest absolute Gasteiger partial charge is 0.465 e. The van der Waals surface area contributed by atoms with Crippen LogP contribution in [0.1, 0.15) is 240 Å². The van der Waals surface area contributed by atoms with Crippen molar-refractivity contribution in [2.24, 2.45) is 11.8 Å². The van der Waals surface area contributed by atoms with E-state index in [9.17, 15) is 19.2 Å². The number of carbonyl (C=O) groups is 4. The molecule has 0 aliphatic heterocycles. The predicted octanol–water partition coefficient (Wildman–Crippen LogP) is 13.3. The fourth-order valence-corrected chi connectivity index (χ4v) is 8.42. The third-order valence-corrected chi connectivity index (χ3v) is 12.6. The first-order valence-corrected chi connectivity index (χ1v) is 27.2. The van der Waals surface area contributed by atoms with Crippen LogP contribution in [0.2, 0.25) is 0 Å². The van der Waals surface area contributed by atoms with E-state index in [0.29, 0.717) is 26.3 Å². The standard InChI is InChI=1S/C54H103NO10/c1-7-11-15-19-21-29-37-48(35-27-17-13-9-3)52(57)63-41-33-25-23-31-39-55(50(54(59)65-46-44-61-6)47-51(56)62-45-43-60-5)40-32-24-26-34-42-64-53(58)49(36-28-18-14-10-4)38-30-22-20-16-12-8-2/h48-50H,7-47H2,1-6H3. The number of unbranched alkanes of at least 4 members (excludes halogenated alkanes) is 22. The summed E-state index contributed by atoms with van der Waals surface area (Å²) in [5.41, 5.74) is 0. The van der Waals surface area contributed by atoms with Gasteiger partial charge in [-0.25, -0.2) is 0 Å². The van der Waals surface area contributed by atoms with Crippen LogP contribution in [0.3, 0.4) is 0 Å². The highest BCUT2D eigenvalue weighted by molar-refractivity contribution is 5.82. The molecule has 11 heteroatoms. The molecule has 0 rings (SSSR count). The van der Waals surface area contributed by atoms with E-state index in [0.717, 1.165) is 103 Å². The van der Waals surface area contributed by atoms with Crippen LogP contribution in [-0.4, -0.2) is 102 Å². The zero-order valence-electron chi connectivity index (χ0n) is 43.3. The molecule has 0 bridgehead atoms. The van der Waals surface area contributed by atoms with Gasteiger partial charge in [0, 0.05) is 14.2 Å². The average Bonchev–Trinajstić information content (AvgIpc) is 3.30. The van der Waals surface area contributed by atoms with Gasteiger partial charge in [-0.3, -0.25) is 24.1 Å². The minimum Gasteiger partial charge on any atom is -0.465 e. The molecule has 0 spiro atoms. The summed E-state index contributed by atoms with van der Waals surface area (Å²) >= 11 is 0. The highest BCUT2D eigenvalue weighted by Crippen LogP contribution is 2.23. The summed E-state index contributed by atoms with van der Waals surface area (Å²) in [6.07, 6.45) is 34.4. The molecule has 0 aliphatic rings. The van der Waals surface area contributed by atoms with E-state index in [-0.39, 0.29) is 56.6 Å². The van der Waals surface area contributed by atoms with Crippen molar-refractivity contribution >= 4 is 23.9 Å². The Bertz CT molecular complexity index is 1030. The normalized spacial score (nSPS) is 12.8. The number of carbonyl (C=O) groups excluding carboxylic acids is 4. The quantitative estimate of drug-likeness (QED) is 0.0329. The average molecular weight is 926 g/mol. The van der Waals surface area contributed by atoms with E-state index in [1.54, 1.807) is 14.2 Å². The lowest BCUT2D eigenvalue weighted by Crippen LogP contribution is -2.45. The van der Waals surface area contributed by atoms with Gasteiger partial charge in [-0.05, 0) is 64.5 Å². The molecule has 3 atom stereocenters. The first kappa shape index (κ1) is 62.8. The molecule has 0 aliphatic carbocycles. The lowest BCUT2D eigenvalue weighted by atomic mass is 9.94. The zero-order valence-corrected chi connectivity index (χ0v) is 43.3. The fraction of sp³-hybridized carbons (Fsp3) is 0.926. The molecule has 11 nitrogen and oxygen atoms in total. The maximum atomic E-state index is 13.5. The zero-order chi connectivity index (χ0) is 47.9. The maximum absolute atomic E-state index is 13.5. The van der Waals surface area contributed by atoms with E-state index < -0.39 is 18.0 Å². The van der Waals surface area contributed by atoms with Gasteiger partial charge in [0.05, 0.1) is 44.7 Å². The van der Waals surface area contributed by atoms with Crippen molar-refractivity contribution < 1.29 is 47.6 Å². The van der Waals surface area contributed by atoms with Crippen molar-refractivity contribution in [2.45, 2.75) is 246 Å². The van der Waals surface area contributed by atoms with Crippen LogP contribution in [0.5, 0.6) is 0 Å². The van der Waals surface area contributed by atoms with Gasteiger partial charge in [-0.2, -0.15) is 0 Å². The molecule has 0 heterocycles. The summed E-state index contributed by atoms with van der Waals surface area (Å²) in [5.74, 6) is -0.986. The molecular formula is C54H103NO10. The van der Waals surface area contributed by atoms with E-state index in [1.165, 1.54) is 103 Å². The molecule has 0 saturated heterocycles. The van der Waals surface area contributed by atoms with Crippen LogP contribution in [-0.2, 0) is 47.6 Å². The maximum Gasteiger partial charge on any atom is 0.324 e. The van der Waals surface area contributed by atoms with Crippen molar-refractivity contribution in [1.29, 1.82) is 0 Å². The van der Waals surface area contributed by atoms with Gasteiger partial charge >= 0.3 is 23.9 Å². The van der Waals surface area contributed by atoms with E-state index in [2.05, 4.69) is 32.6 Å². The molecule has 65 heavy (non-hydrogen) atoms. The number of hydrogen-bond donors (Lipinski definition) is 0. The number of rotatable bonds is 50. The van der Waals surface area contributed by atoms with Crippen molar-refractivity contribution in [3.8, 4) is 0 Å². The third kappa shape index (κ3) is 38.4. The molecule has 0 aromatic rings. The van der Waals surface area contributed by atoms with Gasteiger partial charge in [0.2, 0.25) is 0 Å². The third-order valence-electron chi connectivity index (χ3n) is 12.6. The first-order valence-electron chi connectivity index (χ1n) is 27.2. The Hall–Kier alpha value is -2.24. The summed E-state index contributed by atoms with van der Waals surface area (Å²) in [4.78, 5) is 54.9. The van der Waals surface area contributed by atoms with Gasteiger partial charge in [-0.15, -0.1) is 0 Å². The Morgan fingerprint density at radius 1 is 0.354 bits per heavy atom. The minimum atomic E-state index is -0.786. The van der Waals surface area contributed by atoms with E-state index in [1.807, 2.05) is 0 Å². The smallest absolute Gasteiger partial charge is 0.324 e. The second-order valence-electron chi connectivity index (χ2n) is 18.5. The molecule has 384 valence electrons. The Kier molecular flexibility index (Phi) is 46.6. The first-order chi connectivity index (χ1) is 31.8. The van der Waals surface area contributed by atoms with Gasteiger partial charge in [0.15, 0.2) is 0 Å². The predicted molar refractivity (Wildman–Crippen MR) is 265 cm³/mol. The van der Waals surface area contributed by atoms with Crippen molar-refractivity contribution in [3.05, 3.63) is 0 Å². The van der Waals surface area contributed by atoms with Crippen molar-refractivity contribution in [2.75, 3.05) is 67.0 Å². The number of ether oxygens (including phenoxy) is 6. The van der Waals surface area contributed by atoms with Crippen LogP contribution in [0, 0.1) is 11.8 Å². The summed E-state index contributed by atoms with van der Waals surface area (Å²) < 4.78 is 32.8. The Labute approximate surface area is 399 Å². The lowest BCUT2D eigenvalue weighted by Gasteiger charge is -2.30. The van der Waals surface area contributed by atoms with Crippen LogP contribution in [0.15, 0.2) is 0 Å². The van der Waals surface area contributed by atoms with Gasteiger partial charge in [0.1, 0.15) is 19.3 Å². The van der Waals surface area contributed by atoms with Crippen LogP contribution in [0.25, 0.3) is 0 Å².